The molecule has 0 bridgehead atoms. The van der Waals surface area contributed by atoms with Crippen LogP contribution in [0.4, 0.5) is 0 Å². The van der Waals surface area contributed by atoms with Gasteiger partial charge in [-0.25, -0.2) is 8.93 Å². The molecule has 5 heteroatoms. The van der Waals surface area contributed by atoms with E-state index in [4.69, 9.17) is 0 Å². The molecule has 4 nitrogen and oxygen atoms in total. The topological polar surface area (TPSA) is 49.4 Å². The maximum atomic E-state index is 12.9. The molecule has 4 rings (SSSR count). The van der Waals surface area contributed by atoms with E-state index in [1.807, 2.05) is 11.0 Å². The van der Waals surface area contributed by atoms with Crippen molar-refractivity contribution < 1.29 is 9.00 Å². The van der Waals surface area contributed by atoms with E-state index in [2.05, 4.69) is 53.3 Å². The number of nitrogens with one attached hydrogen (secondary N) is 1. The number of hydrogen-bond donors (Lipinski definition) is 1. The Morgan fingerprint density at radius 1 is 1.12 bits per heavy atom. The molecule has 0 aromatic heterocycles. The lowest BCUT2D eigenvalue weighted by molar-refractivity contribution is -0.131. The summed E-state index contributed by atoms with van der Waals surface area (Å²) in [6.45, 7) is 1.43. The number of rotatable bonds is 5. The summed E-state index contributed by atoms with van der Waals surface area (Å²) in [6.07, 6.45) is 3.45. The minimum absolute atomic E-state index is 0.0886. The van der Waals surface area contributed by atoms with Crippen molar-refractivity contribution >= 4 is 16.9 Å². The van der Waals surface area contributed by atoms with Gasteiger partial charge in [-0.2, -0.15) is 0 Å². The largest absolute Gasteiger partial charge is 0.341 e. The van der Waals surface area contributed by atoms with Gasteiger partial charge in [0.1, 0.15) is 0 Å². The van der Waals surface area contributed by atoms with E-state index in [0.717, 1.165) is 19.4 Å². The Morgan fingerprint density at radius 2 is 1.85 bits per heavy atom. The zero-order valence-electron chi connectivity index (χ0n) is 14.9. The van der Waals surface area contributed by atoms with Crippen molar-refractivity contribution in [2.45, 2.75) is 24.8 Å². The van der Waals surface area contributed by atoms with E-state index >= 15 is 0 Å². The molecule has 2 aromatic rings. The maximum absolute atomic E-state index is 12.9. The first-order chi connectivity index (χ1) is 12.6. The number of amides is 1. The van der Waals surface area contributed by atoms with Gasteiger partial charge in [-0.3, -0.25) is 4.79 Å². The molecule has 1 aliphatic heterocycles. The summed E-state index contributed by atoms with van der Waals surface area (Å²) < 4.78 is 14.4. The molecule has 1 aliphatic carbocycles. The Morgan fingerprint density at radius 3 is 2.62 bits per heavy atom. The first-order valence-electron chi connectivity index (χ1n) is 9.16. The molecule has 4 atom stereocenters. The zero-order valence-corrected chi connectivity index (χ0v) is 15.7. The van der Waals surface area contributed by atoms with Crippen LogP contribution in [-0.2, 0) is 15.8 Å². The van der Waals surface area contributed by atoms with Gasteiger partial charge in [-0.1, -0.05) is 54.6 Å². The number of benzene rings is 2. The fourth-order valence-corrected chi connectivity index (χ4v) is 4.70. The summed E-state index contributed by atoms with van der Waals surface area (Å²) in [6, 6.07) is 19.0. The second-order valence-electron chi connectivity index (χ2n) is 7.24. The highest BCUT2D eigenvalue weighted by Crippen LogP contribution is 2.51. The molecule has 1 saturated heterocycles. The van der Waals surface area contributed by atoms with Crippen molar-refractivity contribution in [1.29, 1.82) is 0 Å². The van der Waals surface area contributed by atoms with E-state index < -0.39 is 11.0 Å². The van der Waals surface area contributed by atoms with Crippen molar-refractivity contribution in [3.05, 3.63) is 60.2 Å². The fourth-order valence-electron chi connectivity index (χ4n) is 4.04. The Bertz CT molecular complexity index is 824. The molecule has 1 saturated carbocycles. The van der Waals surface area contributed by atoms with Gasteiger partial charge in [0.05, 0.1) is 11.0 Å². The third-order valence-corrected chi connectivity index (χ3v) is 6.05. The quantitative estimate of drug-likeness (QED) is 0.882. The van der Waals surface area contributed by atoms with Gasteiger partial charge in [0.2, 0.25) is 5.91 Å². The molecular formula is C21H24N2O2S. The highest BCUT2D eigenvalue weighted by atomic mass is 32.2. The average molecular weight is 369 g/mol. The van der Waals surface area contributed by atoms with Gasteiger partial charge in [0, 0.05) is 31.3 Å². The van der Waals surface area contributed by atoms with Crippen LogP contribution in [0.2, 0.25) is 0 Å². The second kappa shape index (κ2) is 7.33. The SMILES string of the molecule is CS(=O)NC1CCN(C(=O)C2CC2c2ccccc2-c2ccccc2)C1. The molecule has 2 aromatic carbocycles. The van der Waals surface area contributed by atoms with Crippen molar-refractivity contribution in [2.75, 3.05) is 19.3 Å². The summed E-state index contributed by atoms with van der Waals surface area (Å²) in [4.78, 5) is 14.8. The lowest BCUT2D eigenvalue weighted by Crippen LogP contribution is -2.36. The van der Waals surface area contributed by atoms with Crippen molar-refractivity contribution in [3.63, 3.8) is 0 Å². The number of nitrogens with zero attached hydrogens (tertiary/aromatic N) is 1. The normalized spacial score (nSPS) is 25.9. The van der Waals surface area contributed by atoms with Crippen LogP contribution in [0.25, 0.3) is 11.1 Å². The predicted octanol–water partition coefficient (Wildman–Crippen LogP) is 2.94. The van der Waals surface area contributed by atoms with Crippen LogP contribution in [0.15, 0.2) is 54.6 Å². The molecule has 0 spiro atoms. The molecule has 26 heavy (non-hydrogen) atoms. The molecule has 2 aliphatic rings. The minimum atomic E-state index is -1.03. The van der Waals surface area contributed by atoms with Crippen LogP contribution in [0.3, 0.4) is 0 Å². The smallest absolute Gasteiger partial charge is 0.226 e. The molecular weight excluding hydrogens is 344 g/mol. The van der Waals surface area contributed by atoms with Gasteiger partial charge < -0.3 is 4.90 Å². The van der Waals surface area contributed by atoms with E-state index in [-0.39, 0.29) is 17.9 Å². The van der Waals surface area contributed by atoms with Gasteiger partial charge in [0.15, 0.2) is 0 Å². The summed E-state index contributed by atoms with van der Waals surface area (Å²) in [5.41, 5.74) is 3.72. The number of carbonyl (C=O) groups is 1. The Kier molecular flexibility index (Phi) is 4.92. The number of carbonyl (C=O) groups excluding carboxylic acids is 1. The Balaban J connectivity index is 1.46. The van der Waals surface area contributed by atoms with Crippen molar-refractivity contribution in [1.82, 2.24) is 9.62 Å². The summed E-state index contributed by atoms with van der Waals surface area (Å²) in [5.74, 6) is 0.654. The highest BCUT2D eigenvalue weighted by Gasteiger charge is 2.47. The van der Waals surface area contributed by atoms with Crippen LogP contribution in [-0.4, -0.2) is 40.4 Å². The molecule has 1 heterocycles. The standard InChI is InChI=1S/C21H24N2O2S/c1-26(25)22-16-11-12-23(14-16)21(24)20-13-19(20)18-10-6-5-9-17(18)15-7-3-2-4-8-15/h2-10,16,19-20,22H,11-14H2,1H3. The fraction of sp³-hybridized carbons (Fsp3) is 0.381. The van der Waals surface area contributed by atoms with Crippen LogP contribution in [0.1, 0.15) is 24.3 Å². The average Bonchev–Trinajstić information content (AvgIpc) is 3.33. The predicted molar refractivity (Wildman–Crippen MR) is 105 cm³/mol. The first kappa shape index (κ1) is 17.4. The molecule has 2 fully saturated rings. The van der Waals surface area contributed by atoms with Crippen LogP contribution >= 0.6 is 0 Å². The molecule has 1 amide bonds. The maximum Gasteiger partial charge on any atom is 0.226 e. The third-order valence-electron chi connectivity index (χ3n) is 5.39. The number of likely N-dealkylation sites (tertiary alicyclic amines) is 1. The molecule has 136 valence electrons. The number of hydrogen-bond acceptors (Lipinski definition) is 2. The lowest BCUT2D eigenvalue weighted by atomic mass is 9.96. The monoisotopic (exact) mass is 368 g/mol. The minimum Gasteiger partial charge on any atom is -0.341 e. The van der Waals surface area contributed by atoms with E-state index in [1.165, 1.54) is 16.7 Å². The molecule has 4 unspecified atom stereocenters. The van der Waals surface area contributed by atoms with E-state index in [9.17, 15) is 9.00 Å². The summed E-state index contributed by atoms with van der Waals surface area (Å²) in [5, 5.41) is 0. The summed E-state index contributed by atoms with van der Waals surface area (Å²) >= 11 is 0. The van der Waals surface area contributed by atoms with E-state index in [1.54, 1.807) is 6.26 Å². The van der Waals surface area contributed by atoms with Crippen LogP contribution < -0.4 is 4.72 Å². The third kappa shape index (κ3) is 3.60. The molecule has 1 N–H and O–H groups in total. The van der Waals surface area contributed by atoms with Crippen LogP contribution in [0, 0.1) is 5.92 Å². The van der Waals surface area contributed by atoms with E-state index in [0.29, 0.717) is 12.5 Å². The van der Waals surface area contributed by atoms with Gasteiger partial charge in [0.25, 0.3) is 0 Å². The zero-order chi connectivity index (χ0) is 18.1. The molecule has 0 radical (unpaired) electrons. The lowest BCUT2D eigenvalue weighted by Gasteiger charge is -2.17. The Hall–Kier alpha value is -1.98. The van der Waals surface area contributed by atoms with Gasteiger partial charge in [-0.15, -0.1) is 0 Å². The van der Waals surface area contributed by atoms with Crippen LogP contribution in [0.5, 0.6) is 0 Å². The Labute approximate surface area is 157 Å². The van der Waals surface area contributed by atoms with Gasteiger partial charge in [-0.05, 0) is 35.4 Å². The first-order valence-corrected chi connectivity index (χ1v) is 10.7. The van der Waals surface area contributed by atoms with Gasteiger partial charge >= 0.3 is 0 Å². The summed E-state index contributed by atoms with van der Waals surface area (Å²) in [7, 11) is -1.03. The highest BCUT2D eigenvalue weighted by molar-refractivity contribution is 7.82. The van der Waals surface area contributed by atoms with Crippen molar-refractivity contribution in [3.8, 4) is 11.1 Å². The second-order valence-corrected chi connectivity index (χ2v) is 8.39. The van der Waals surface area contributed by atoms with Crippen molar-refractivity contribution in [2.24, 2.45) is 5.92 Å².